The molecule has 0 rings (SSSR count). The predicted molar refractivity (Wildman–Crippen MR) is 131 cm³/mol. The van der Waals surface area contributed by atoms with E-state index in [0.29, 0.717) is 24.5 Å². The number of unbranched alkanes of at least 4 members (excludes halogenated alkanes) is 8. The maximum atomic E-state index is 11.2. The number of hydrogen-bond acceptors (Lipinski definition) is 4. The highest BCUT2D eigenvalue weighted by molar-refractivity contribution is 5.92. The van der Waals surface area contributed by atoms with Crippen LogP contribution in [0.15, 0.2) is 24.8 Å². The number of carbonyl (C=O) groups excluding carboxylic acids is 2. The lowest BCUT2D eigenvalue weighted by Gasteiger charge is -2.13. The molecule has 6 nitrogen and oxygen atoms in total. The predicted octanol–water partition coefficient (Wildman–Crippen LogP) is 6.21. The number of carboxylic acids is 1. The van der Waals surface area contributed by atoms with Gasteiger partial charge in [-0.2, -0.15) is 0 Å². The third-order valence-electron chi connectivity index (χ3n) is 5.16. The fourth-order valence-corrected chi connectivity index (χ4v) is 2.97. The Morgan fingerprint density at radius 2 is 1.53 bits per heavy atom. The molecule has 0 aromatic carbocycles. The fourth-order valence-electron chi connectivity index (χ4n) is 2.97. The molecule has 0 heterocycles. The zero-order valence-corrected chi connectivity index (χ0v) is 20.8. The summed E-state index contributed by atoms with van der Waals surface area (Å²) in [6, 6.07) is 0. The summed E-state index contributed by atoms with van der Waals surface area (Å²) in [5, 5.41) is 11.3. The molecule has 1 unspecified atom stereocenters. The average molecular weight is 454 g/mol. The third-order valence-corrected chi connectivity index (χ3v) is 5.16. The molecule has 0 saturated carbocycles. The Morgan fingerprint density at radius 1 is 0.969 bits per heavy atom. The molecule has 0 aromatic rings. The van der Waals surface area contributed by atoms with Gasteiger partial charge in [-0.1, -0.05) is 84.8 Å². The quantitative estimate of drug-likeness (QED) is 0.138. The van der Waals surface area contributed by atoms with Crippen LogP contribution in [0.1, 0.15) is 104 Å². The third kappa shape index (κ3) is 24.2. The smallest absolute Gasteiger partial charge is 0.330 e. The molecule has 6 heteroatoms. The summed E-state index contributed by atoms with van der Waals surface area (Å²) in [6.45, 7) is 14.2. The number of esters is 1. The van der Waals surface area contributed by atoms with Crippen LogP contribution in [0.4, 0.5) is 0 Å². The summed E-state index contributed by atoms with van der Waals surface area (Å²) in [6.07, 6.45) is 14.8. The number of carbonyl (C=O) groups is 3. The minimum absolute atomic E-state index is 0.0570. The second-order valence-electron chi connectivity index (χ2n) is 8.26. The lowest BCUT2D eigenvalue weighted by atomic mass is 10.0. The van der Waals surface area contributed by atoms with E-state index in [0.717, 1.165) is 51.5 Å². The van der Waals surface area contributed by atoms with Crippen molar-refractivity contribution in [3.05, 3.63) is 24.8 Å². The highest BCUT2D eigenvalue weighted by Gasteiger charge is 2.07. The van der Waals surface area contributed by atoms with Crippen molar-refractivity contribution in [3.8, 4) is 0 Å². The number of rotatable bonds is 19. The summed E-state index contributed by atoms with van der Waals surface area (Å²) in [4.78, 5) is 32.2. The first kappa shape index (κ1) is 32.1. The fraction of sp³-hybridized carbons (Fsp3) is 0.731. The number of amides is 1. The lowest BCUT2D eigenvalue weighted by Crippen LogP contribution is -2.24. The minimum atomic E-state index is -0.697. The van der Waals surface area contributed by atoms with Gasteiger partial charge in [-0.05, 0) is 32.1 Å². The molecule has 0 spiro atoms. The van der Waals surface area contributed by atoms with Crippen LogP contribution in [0.2, 0.25) is 0 Å². The maximum absolute atomic E-state index is 11.2. The van der Waals surface area contributed by atoms with Crippen LogP contribution in [0.3, 0.4) is 0 Å². The lowest BCUT2D eigenvalue weighted by molar-refractivity contribution is -0.139. The highest BCUT2D eigenvalue weighted by Crippen LogP contribution is 2.13. The van der Waals surface area contributed by atoms with E-state index in [4.69, 9.17) is 9.84 Å². The van der Waals surface area contributed by atoms with Crippen LogP contribution in [0.5, 0.6) is 0 Å². The number of hydrogen-bond donors (Lipinski definition) is 2. The molecule has 186 valence electrons. The maximum Gasteiger partial charge on any atom is 0.330 e. The Labute approximate surface area is 195 Å². The number of aliphatic carboxylic acids is 1. The number of carboxylic acid groups (broad SMARTS) is 1. The van der Waals surface area contributed by atoms with E-state index >= 15 is 0 Å². The second-order valence-corrected chi connectivity index (χ2v) is 8.26. The van der Waals surface area contributed by atoms with Crippen LogP contribution >= 0.6 is 0 Å². The molecule has 0 aliphatic heterocycles. The van der Waals surface area contributed by atoms with Crippen LogP contribution in [-0.4, -0.2) is 36.1 Å². The average Bonchev–Trinajstić information content (AvgIpc) is 2.77. The Hall–Kier alpha value is -2.11. The summed E-state index contributed by atoms with van der Waals surface area (Å²) in [7, 11) is 0. The van der Waals surface area contributed by atoms with Crippen molar-refractivity contribution >= 4 is 17.8 Å². The van der Waals surface area contributed by atoms with Gasteiger partial charge in [0, 0.05) is 24.6 Å². The molecule has 0 saturated heterocycles. The van der Waals surface area contributed by atoms with Gasteiger partial charge in [-0.3, -0.25) is 9.59 Å². The molecule has 2 N–H and O–H groups in total. The zero-order valence-electron chi connectivity index (χ0n) is 20.8. The molecule has 0 aliphatic carbocycles. The molecule has 1 atom stereocenters. The molecule has 0 radical (unpaired) electrons. The van der Waals surface area contributed by atoms with Gasteiger partial charge in [-0.15, -0.1) is 0 Å². The Bertz CT molecular complexity index is 530. The Balaban J connectivity index is 0. The topological polar surface area (TPSA) is 92.7 Å². The van der Waals surface area contributed by atoms with Gasteiger partial charge in [0.1, 0.15) is 0 Å². The highest BCUT2D eigenvalue weighted by atomic mass is 16.5. The van der Waals surface area contributed by atoms with E-state index in [2.05, 4.69) is 32.3 Å². The zero-order chi connectivity index (χ0) is 24.6. The summed E-state index contributed by atoms with van der Waals surface area (Å²) < 4.78 is 4.98. The largest absolute Gasteiger partial charge is 0.481 e. The van der Waals surface area contributed by atoms with Gasteiger partial charge < -0.3 is 15.2 Å². The van der Waals surface area contributed by atoms with E-state index < -0.39 is 5.97 Å². The van der Waals surface area contributed by atoms with Gasteiger partial charge in [0.05, 0.1) is 6.61 Å². The van der Waals surface area contributed by atoms with E-state index in [9.17, 15) is 14.4 Å². The van der Waals surface area contributed by atoms with Gasteiger partial charge in [-0.25, -0.2) is 4.79 Å². The minimum Gasteiger partial charge on any atom is -0.481 e. The second kappa shape index (κ2) is 23.6. The summed E-state index contributed by atoms with van der Waals surface area (Å²) in [5.41, 5.74) is 0.557. The van der Waals surface area contributed by atoms with Crippen LogP contribution in [-0.2, 0) is 19.1 Å². The standard InChI is InChI=1S/C15H27NO3.C11H20O2/c1-13(2)15(19)16-12-10-8-6-4-3-5-7-9-11-14(17)18;1-4-7-8-10(5-2)9-13-11(12)6-3/h1,3-12H2,2H3,(H,16,19)(H,17,18);6,10H,3-5,7-9H2,1-2H3. The van der Waals surface area contributed by atoms with E-state index in [1.54, 1.807) is 6.92 Å². The monoisotopic (exact) mass is 453 g/mol. The van der Waals surface area contributed by atoms with Crippen LogP contribution in [0, 0.1) is 5.92 Å². The molecule has 0 bridgehead atoms. The Morgan fingerprint density at radius 3 is 2.00 bits per heavy atom. The van der Waals surface area contributed by atoms with Gasteiger partial charge >= 0.3 is 11.9 Å². The van der Waals surface area contributed by atoms with Crippen LogP contribution < -0.4 is 5.32 Å². The van der Waals surface area contributed by atoms with Crippen molar-refractivity contribution in [1.82, 2.24) is 5.32 Å². The van der Waals surface area contributed by atoms with Crippen molar-refractivity contribution in [2.45, 2.75) is 104 Å². The number of nitrogens with one attached hydrogen (secondary N) is 1. The van der Waals surface area contributed by atoms with E-state index in [1.165, 1.54) is 38.2 Å². The van der Waals surface area contributed by atoms with Crippen molar-refractivity contribution in [1.29, 1.82) is 0 Å². The van der Waals surface area contributed by atoms with Gasteiger partial charge in [0.15, 0.2) is 0 Å². The molecule has 0 aliphatic rings. The van der Waals surface area contributed by atoms with Gasteiger partial charge in [0.25, 0.3) is 0 Å². The first-order valence-corrected chi connectivity index (χ1v) is 12.2. The summed E-state index contributed by atoms with van der Waals surface area (Å²) in [5.74, 6) is -0.547. The van der Waals surface area contributed by atoms with Crippen molar-refractivity contribution in [2.75, 3.05) is 13.2 Å². The SMILES string of the molecule is C=C(C)C(=O)NCCCCCCCCCCC(=O)O.C=CC(=O)OCC(CC)CCCC. The van der Waals surface area contributed by atoms with Crippen molar-refractivity contribution < 1.29 is 24.2 Å². The first-order valence-electron chi connectivity index (χ1n) is 12.2. The van der Waals surface area contributed by atoms with Crippen molar-refractivity contribution in [2.24, 2.45) is 5.92 Å². The van der Waals surface area contributed by atoms with Crippen LogP contribution in [0.25, 0.3) is 0 Å². The van der Waals surface area contributed by atoms with Crippen molar-refractivity contribution in [3.63, 3.8) is 0 Å². The molecular formula is C26H47NO5. The molecule has 0 fully saturated rings. The molecule has 32 heavy (non-hydrogen) atoms. The number of ether oxygens (including phenoxy) is 1. The molecule has 0 aromatic heterocycles. The first-order chi connectivity index (χ1) is 15.3. The summed E-state index contributed by atoms with van der Waals surface area (Å²) >= 11 is 0. The molecule has 1 amide bonds. The molecular weight excluding hydrogens is 406 g/mol. The van der Waals surface area contributed by atoms with E-state index in [1.807, 2.05) is 0 Å². The Kier molecular flexibility index (Phi) is 23.6. The van der Waals surface area contributed by atoms with E-state index in [-0.39, 0.29) is 11.9 Å². The normalized spacial score (nSPS) is 11.0. The van der Waals surface area contributed by atoms with Gasteiger partial charge in [0.2, 0.25) is 5.91 Å².